The number of hydrogen-bond donors (Lipinski definition) is 3. The molecule has 1 atom stereocenters. The van der Waals surface area contributed by atoms with Gasteiger partial charge in [-0.1, -0.05) is 0 Å². The fourth-order valence-electron chi connectivity index (χ4n) is 1.14. The van der Waals surface area contributed by atoms with Gasteiger partial charge >= 0.3 is 18.0 Å². The summed E-state index contributed by atoms with van der Waals surface area (Å²) in [5.74, 6) is -2.28. The third-order valence-electron chi connectivity index (χ3n) is 1.84. The molecule has 104 valence electrons. The van der Waals surface area contributed by atoms with E-state index < -0.39 is 29.7 Å². The van der Waals surface area contributed by atoms with Gasteiger partial charge in [0.15, 0.2) is 0 Å². The van der Waals surface area contributed by atoms with E-state index in [1.54, 1.807) is 0 Å². The van der Waals surface area contributed by atoms with Crippen LogP contribution in [0.3, 0.4) is 0 Å². The van der Waals surface area contributed by atoms with Gasteiger partial charge in [-0.05, 0) is 33.6 Å². The largest absolute Gasteiger partial charge is 0.481 e. The molecule has 18 heavy (non-hydrogen) atoms. The zero-order valence-electron chi connectivity index (χ0n) is 11.4. The average Bonchev–Trinajstić information content (AvgIpc) is 2.26. The summed E-state index contributed by atoms with van der Waals surface area (Å²) in [7, 11) is 0. The number of carbonyl (C=O) groups excluding carboxylic acids is 1. The van der Waals surface area contributed by atoms with Gasteiger partial charge in [0.1, 0.15) is 11.6 Å². The molecule has 0 aromatic rings. The van der Waals surface area contributed by atoms with Crippen molar-refractivity contribution in [2.45, 2.75) is 51.7 Å². The van der Waals surface area contributed by atoms with E-state index in [1.807, 2.05) is 0 Å². The lowest BCUT2D eigenvalue weighted by molar-refractivity contribution is -0.141. The monoisotopic (exact) mass is 262 g/mol. The van der Waals surface area contributed by atoms with Gasteiger partial charge in [-0.3, -0.25) is 4.79 Å². The first-order chi connectivity index (χ1) is 8.68. The van der Waals surface area contributed by atoms with Crippen LogP contribution in [0.1, 0.15) is 41.4 Å². The Hall–Kier alpha value is -1.79. The lowest BCUT2D eigenvalue weighted by Gasteiger charge is -2.21. The fourth-order valence-corrected chi connectivity index (χ4v) is 1.14. The number of nitrogens with one attached hydrogen (secondary N) is 1. The number of carbonyl (C=O) groups is 3. The second-order valence-electron chi connectivity index (χ2n) is 4.47. The highest BCUT2D eigenvalue weighted by Gasteiger charge is 2.23. The molecule has 0 bridgehead atoms. The van der Waals surface area contributed by atoms with Gasteiger partial charge in [0.25, 0.3) is 0 Å². The molecule has 0 aliphatic heterocycles. The third-order valence-corrected chi connectivity index (χ3v) is 1.84. The Morgan fingerprint density at radius 1 is 1.39 bits per heavy atom. The quantitative estimate of drug-likeness (QED) is 0.663. The number of hydrogen-bond acceptors (Lipinski definition) is 4. The minimum Gasteiger partial charge on any atom is -0.481 e. The molecule has 0 radical (unpaired) electrons. The van der Waals surface area contributed by atoms with Crippen LogP contribution in [0.2, 0.25) is 0 Å². The van der Waals surface area contributed by atoms with Crippen LogP contribution in [0, 0.1) is 0 Å². The summed E-state index contributed by atoms with van der Waals surface area (Å²) in [5.41, 5.74) is -1.01. The molecule has 0 aromatic carbocycles. The molecular weight excluding hydrogens is 242 g/mol. The summed E-state index contributed by atoms with van der Waals surface area (Å²) in [4.78, 5) is 32.6. The summed E-state index contributed by atoms with van der Waals surface area (Å²) in [6.07, 6.45) is -0.967. The molecule has 0 fully saturated rings. The van der Waals surface area contributed by atoms with Crippen LogP contribution in [-0.4, -0.2) is 39.9 Å². The van der Waals surface area contributed by atoms with E-state index >= 15 is 0 Å². The normalized spacial score (nSPS) is 13.3. The maximum Gasteiger partial charge on any atom is 0.408 e. The lowest BCUT2D eigenvalue weighted by atomic mass is 10.1. The van der Waals surface area contributed by atoms with Crippen LogP contribution in [-0.2, 0) is 14.3 Å². The van der Waals surface area contributed by atoms with Gasteiger partial charge in [-0.2, -0.15) is 0 Å². The van der Waals surface area contributed by atoms with Gasteiger partial charge in [-0.25, -0.2) is 9.59 Å². The smallest absolute Gasteiger partial charge is 0.408 e. The van der Waals surface area contributed by atoms with Crippen LogP contribution in [0.4, 0.5) is 4.79 Å². The van der Waals surface area contributed by atoms with E-state index in [1.165, 1.54) is 13.8 Å². The molecule has 0 rings (SSSR count). The Labute approximate surface area is 107 Å². The first-order valence-electron chi connectivity index (χ1n) is 6.12. The molecule has 1 amide bonds. The predicted octanol–water partition coefficient (Wildman–Crippen LogP) is 1.22. The van der Waals surface area contributed by atoms with Crippen molar-refractivity contribution in [3.63, 3.8) is 0 Å². The maximum absolute atomic E-state index is 11.4. The van der Waals surface area contributed by atoms with Crippen molar-refractivity contribution in [3.8, 4) is 0 Å². The summed E-state index contributed by atoms with van der Waals surface area (Å²) < 4.78 is 12.0. The standard InChI is InChI=1S/C11H19NO6/c1-11(2,3)18-10(17)12-7(9(15)16)5-4-6-8(13)14/h7H,4-6H2,1-3H3,(H,12,17)(H,13,14)(H,15,16)/i1D. The zero-order chi connectivity index (χ0) is 15.1. The lowest BCUT2D eigenvalue weighted by Crippen LogP contribution is -2.43. The molecule has 0 aromatic heterocycles. The highest BCUT2D eigenvalue weighted by molar-refractivity contribution is 5.80. The van der Waals surface area contributed by atoms with E-state index in [4.69, 9.17) is 16.3 Å². The average molecular weight is 262 g/mol. The summed E-state index contributed by atoms with van der Waals surface area (Å²) in [6.45, 7) is 2.90. The molecule has 7 heteroatoms. The highest BCUT2D eigenvalue weighted by Crippen LogP contribution is 2.08. The van der Waals surface area contributed by atoms with Crippen molar-refractivity contribution in [3.05, 3.63) is 0 Å². The summed E-state index contributed by atoms with van der Waals surface area (Å²) >= 11 is 0. The van der Waals surface area contributed by atoms with Gasteiger partial charge in [0.2, 0.25) is 0 Å². The Kier molecular flexibility index (Phi) is 5.41. The van der Waals surface area contributed by atoms with Crippen molar-refractivity contribution in [2.75, 3.05) is 0 Å². The fraction of sp³-hybridized carbons (Fsp3) is 0.727. The van der Waals surface area contributed by atoms with Gasteiger partial charge in [0.05, 0.1) is 0 Å². The first kappa shape index (κ1) is 14.3. The van der Waals surface area contributed by atoms with Gasteiger partial charge in [-0.15, -0.1) is 0 Å². The van der Waals surface area contributed by atoms with Crippen LogP contribution >= 0.6 is 0 Å². The Bertz CT molecular complexity index is 344. The van der Waals surface area contributed by atoms with Crippen molar-refractivity contribution in [1.82, 2.24) is 5.32 Å². The molecule has 0 aliphatic rings. The summed E-state index contributed by atoms with van der Waals surface area (Å²) in [5, 5.41) is 19.5. The number of amides is 1. The SMILES string of the molecule is [2H]CC(C)(C)OC(=O)NC(CCCC(=O)O)C(=O)O. The van der Waals surface area contributed by atoms with Gasteiger partial charge < -0.3 is 20.3 Å². The van der Waals surface area contributed by atoms with Crippen LogP contribution in [0.15, 0.2) is 0 Å². The Morgan fingerprint density at radius 3 is 2.44 bits per heavy atom. The molecule has 3 N–H and O–H groups in total. The number of alkyl carbamates (subject to hydrolysis) is 1. The van der Waals surface area contributed by atoms with E-state index in [0.717, 1.165) is 0 Å². The van der Waals surface area contributed by atoms with E-state index in [-0.39, 0.29) is 26.2 Å². The topological polar surface area (TPSA) is 113 Å². The number of aliphatic carboxylic acids is 2. The van der Waals surface area contributed by atoms with Crippen LogP contribution in [0.5, 0.6) is 0 Å². The van der Waals surface area contributed by atoms with Crippen LogP contribution in [0.25, 0.3) is 0 Å². The Balaban J connectivity index is 4.31. The van der Waals surface area contributed by atoms with Crippen LogP contribution < -0.4 is 5.32 Å². The second kappa shape index (κ2) is 6.83. The maximum atomic E-state index is 11.4. The van der Waals surface area contributed by atoms with Crippen molar-refractivity contribution in [2.24, 2.45) is 0 Å². The predicted molar refractivity (Wildman–Crippen MR) is 62.3 cm³/mol. The third kappa shape index (κ3) is 8.37. The Morgan fingerprint density at radius 2 is 2.00 bits per heavy atom. The molecular formula is C11H19NO6. The number of carboxylic acid groups (broad SMARTS) is 2. The number of ether oxygens (including phenoxy) is 1. The molecule has 0 aliphatic carbocycles. The molecule has 7 nitrogen and oxygen atoms in total. The minimum absolute atomic E-state index is 0.00195. The molecule has 1 unspecified atom stereocenters. The van der Waals surface area contributed by atoms with Crippen molar-refractivity contribution in [1.29, 1.82) is 0 Å². The molecule has 0 saturated carbocycles. The molecule has 0 spiro atoms. The second-order valence-corrected chi connectivity index (χ2v) is 4.47. The van der Waals surface area contributed by atoms with E-state index in [9.17, 15) is 14.4 Å². The van der Waals surface area contributed by atoms with Crippen molar-refractivity contribution >= 4 is 18.0 Å². The molecule has 0 heterocycles. The minimum atomic E-state index is -1.26. The highest BCUT2D eigenvalue weighted by atomic mass is 16.6. The summed E-state index contributed by atoms with van der Waals surface area (Å²) in [6, 6.07) is -1.20. The number of rotatable bonds is 6. The van der Waals surface area contributed by atoms with E-state index in [0.29, 0.717) is 0 Å². The van der Waals surface area contributed by atoms with Gasteiger partial charge in [0, 0.05) is 7.79 Å². The van der Waals surface area contributed by atoms with Crippen molar-refractivity contribution < 1.29 is 30.7 Å². The zero-order valence-corrected chi connectivity index (χ0v) is 10.4. The van der Waals surface area contributed by atoms with E-state index in [2.05, 4.69) is 5.32 Å². The number of carboxylic acids is 2. The molecule has 0 saturated heterocycles. The first-order valence-corrected chi connectivity index (χ1v) is 5.41.